The van der Waals surface area contributed by atoms with Crippen LogP contribution in [0.15, 0.2) is 6.33 Å². The van der Waals surface area contributed by atoms with E-state index in [1.807, 2.05) is 6.92 Å². The van der Waals surface area contributed by atoms with E-state index in [2.05, 4.69) is 34.4 Å². The van der Waals surface area contributed by atoms with Gasteiger partial charge in [0.05, 0.1) is 6.10 Å². The van der Waals surface area contributed by atoms with Gasteiger partial charge < -0.3 is 15.7 Å². The first kappa shape index (κ1) is 14.7. The van der Waals surface area contributed by atoms with Crippen LogP contribution in [0, 0.1) is 6.92 Å². The van der Waals surface area contributed by atoms with Crippen LogP contribution in [0.2, 0.25) is 0 Å². The number of aliphatic hydroxyl groups excluding tert-OH is 1. The minimum atomic E-state index is -0.323. The Labute approximate surface area is 109 Å². The van der Waals surface area contributed by atoms with Gasteiger partial charge in [0.2, 0.25) is 0 Å². The molecule has 1 rings (SSSR count). The molecule has 102 valence electrons. The monoisotopic (exact) mass is 252 g/mol. The summed E-state index contributed by atoms with van der Waals surface area (Å²) in [5.41, 5.74) is 0.995. The van der Waals surface area contributed by atoms with Crippen molar-refractivity contribution in [1.82, 2.24) is 9.97 Å². The van der Waals surface area contributed by atoms with Crippen LogP contribution < -0.4 is 10.6 Å². The van der Waals surface area contributed by atoms with Crippen LogP contribution in [0.25, 0.3) is 0 Å². The third kappa shape index (κ3) is 4.49. The lowest BCUT2D eigenvalue weighted by molar-refractivity contribution is 0.176. The quantitative estimate of drug-likeness (QED) is 0.661. The highest BCUT2D eigenvalue weighted by Crippen LogP contribution is 2.18. The third-order valence-electron chi connectivity index (χ3n) is 2.75. The van der Waals surface area contributed by atoms with Gasteiger partial charge in [0.15, 0.2) is 0 Å². The fraction of sp³-hybridized carbons (Fsp3) is 0.692. The smallest absolute Gasteiger partial charge is 0.134 e. The summed E-state index contributed by atoms with van der Waals surface area (Å²) in [6.45, 7) is 7.58. The zero-order valence-corrected chi connectivity index (χ0v) is 11.5. The fourth-order valence-corrected chi connectivity index (χ4v) is 1.70. The molecular weight excluding hydrogens is 228 g/mol. The summed E-state index contributed by atoms with van der Waals surface area (Å²) >= 11 is 0. The Balaban J connectivity index is 2.60. The molecule has 1 heterocycles. The Bertz CT molecular complexity index is 357. The lowest BCUT2D eigenvalue weighted by Crippen LogP contribution is -2.20. The number of hydrogen-bond donors (Lipinski definition) is 3. The van der Waals surface area contributed by atoms with Gasteiger partial charge in [0.25, 0.3) is 0 Å². The lowest BCUT2D eigenvalue weighted by atomic mass is 10.2. The number of nitrogens with zero attached hydrogens (tertiary/aromatic N) is 2. The molecule has 0 aromatic carbocycles. The number of aliphatic hydroxyl groups is 1. The third-order valence-corrected chi connectivity index (χ3v) is 2.75. The summed E-state index contributed by atoms with van der Waals surface area (Å²) in [7, 11) is 0. The van der Waals surface area contributed by atoms with Gasteiger partial charge in [0.1, 0.15) is 18.0 Å². The number of aromatic nitrogens is 2. The summed E-state index contributed by atoms with van der Waals surface area (Å²) in [5, 5.41) is 16.1. The summed E-state index contributed by atoms with van der Waals surface area (Å²) < 4.78 is 0. The van der Waals surface area contributed by atoms with Crippen molar-refractivity contribution in [2.75, 3.05) is 23.7 Å². The highest BCUT2D eigenvalue weighted by atomic mass is 16.3. The van der Waals surface area contributed by atoms with E-state index in [4.69, 9.17) is 0 Å². The fourth-order valence-electron chi connectivity index (χ4n) is 1.70. The van der Waals surface area contributed by atoms with Crippen LogP contribution in [0.5, 0.6) is 0 Å². The molecule has 1 atom stereocenters. The standard InChI is InChI=1S/C13H24N4O/c1-4-6-11(18)8-15-13-10(3)12(14-7-5-2)16-9-17-13/h9,11,18H,4-8H2,1-3H3,(H2,14,15,16,17). The maximum absolute atomic E-state index is 9.69. The molecule has 0 fully saturated rings. The first-order chi connectivity index (χ1) is 8.69. The van der Waals surface area contributed by atoms with Crippen molar-refractivity contribution in [2.45, 2.75) is 46.1 Å². The topological polar surface area (TPSA) is 70.1 Å². The molecule has 0 aliphatic rings. The normalized spacial score (nSPS) is 12.2. The summed E-state index contributed by atoms with van der Waals surface area (Å²) in [5.74, 6) is 1.65. The van der Waals surface area contributed by atoms with Crippen LogP contribution >= 0.6 is 0 Å². The Morgan fingerprint density at radius 2 is 1.83 bits per heavy atom. The molecule has 1 aromatic rings. The van der Waals surface area contributed by atoms with Crippen LogP contribution in [0.3, 0.4) is 0 Å². The van der Waals surface area contributed by atoms with Crippen LogP contribution in [0.4, 0.5) is 11.6 Å². The maximum atomic E-state index is 9.69. The Kier molecular flexibility index (Phi) is 6.43. The van der Waals surface area contributed by atoms with Gasteiger partial charge in [-0.2, -0.15) is 0 Å². The molecule has 1 unspecified atom stereocenters. The Morgan fingerprint density at radius 1 is 1.17 bits per heavy atom. The summed E-state index contributed by atoms with van der Waals surface area (Å²) in [6.07, 6.45) is 4.06. The largest absolute Gasteiger partial charge is 0.391 e. The van der Waals surface area contributed by atoms with E-state index in [0.717, 1.165) is 43.0 Å². The van der Waals surface area contributed by atoms with E-state index in [-0.39, 0.29) is 6.10 Å². The minimum absolute atomic E-state index is 0.323. The minimum Gasteiger partial charge on any atom is -0.391 e. The second kappa shape index (κ2) is 7.87. The van der Waals surface area contributed by atoms with Gasteiger partial charge in [-0.15, -0.1) is 0 Å². The molecule has 0 aliphatic heterocycles. The number of nitrogens with one attached hydrogen (secondary N) is 2. The Morgan fingerprint density at radius 3 is 2.44 bits per heavy atom. The predicted molar refractivity (Wildman–Crippen MR) is 75.0 cm³/mol. The van der Waals surface area contributed by atoms with Gasteiger partial charge in [-0.25, -0.2) is 9.97 Å². The molecule has 0 radical (unpaired) electrons. The highest BCUT2D eigenvalue weighted by Gasteiger charge is 2.08. The number of hydrogen-bond acceptors (Lipinski definition) is 5. The molecule has 18 heavy (non-hydrogen) atoms. The molecule has 0 bridgehead atoms. The van der Waals surface area contributed by atoms with E-state index in [0.29, 0.717) is 6.54 Å². The molecule has 5 nitrogen and oxygen atoms in total. The molecule has 3 N–H and O–H groups in total. The van der Waals surface area contributed by atoms with Gasteiger partial charge in [-0.1, -0.05) is 20.3 Å². The molecule has 0 aliphatic carbocycles. The number of anilines is 2. The summed E-state index contributed by atoms with van der Waals surface area (Å²) in [6, 6.07) is 0. The van der Waals surface area contributed by atoms with Crippen LogP contribution in [0.1, 0.15) is 38.7 Å². The zero-order valence-electron chi connectivity index (χ0n) is 11.5. The molecule has 0 spiro atoms. The van der Waals surface area contributed by atoms with E-state index in [1.54, 1.807) is 6.33 Å². The molecule has 1 aromatic heterocycles. The van der Waals surface area contributed by atoms with Gasteiger partial charge in [-0.05, 0) is 19.8 Å². The van der Waals surface area contributed by atoms with Crippen molar-refractivity contribution in [2.24, 2.45) is 0 Å². The lowest BCUT2D eigenvalue weighted by Gasteiger charge is -2.14. The highest BCUT2D eigenvalue weighted by molar-refractivity contribution is 5.56. The average molecular weight is 252 g/mol. The van der Waals surface area contributed by atoms with E-state index in [1.165, 1.54) is 0 Å². The number of rotatable bonds is 8. The first-order valence-corrected chi connectivity index (χ1v) is 6.66. The zero-order chi connectivity index (χ0) is 13.4. The van der Waals surface area contributed by atoms with Crippen molar-refractivity contribution in [1.29, 1.82) is 0 Å². The van der Waals surface area contributed by atoms with Crippen molar-refractivity contribution in [3.63, 3.8) is 0 Å². The molecule has 0 saturated carbocycles. The van der Waals surface area contributed by atoms with E-state index in [9.17, 15) is 5.11 Å². The molecular formula is C13H24N4O. The molecule has 5 heteroatoms. The first-order valence-electron chi connectivity index (χ1n) is 6.66. The Hall–Kier alpha value is -1.36. The van der Waals surface area contributed by atoms with Crippen LogP contribution in [-0.2, 0) is 0 Å². The maximum Gasteiger partial charge on any atom is 0.134 e. The average Bonchev–Trinajstić information content (AvgIpc) is 2.36. The summed E-state index contributed by atoms with van der Waals surface area (Å²) in [4.78, 5) is 8.42. The second-order valence-electron chi connectivity index (χ2n) is 4.45. The van der Waals surface area contributed by atoms with Crippen molar-refractivity contribution in [3.05, 3.63) is 11.9 Å². The second-order valence-corrected chi connectivity index (χ2v) is 4.45. The van der Waals surface area contributed by atoms with Gasteiger partial charge in [-0.3, -0.25) is 0 Å². The van der Waals surface area contributed by atoms with Crippen molar-refractivity contribution in [3.8, 4) is 0 Å². The molecule has 0 saturated heterocycles. The van der Waals surface area contributed by atoms with Gasteiger partial charge >= 0.3 is 0 Å². The van der Waals surface area contributed by atoms with Crippen LogP contribution in [-0.4, -0.2) is 34.3 Å². The van der Waals surface area contributed by atoms with E-state index < -0.39 is 0 Å². The van der Waals surface area contributed by atoms with Gasteiger partial charge in [0, 0.05) is 18.7 Å². The van der Waals surface area contributed by atoms with Crippen molar-refractivity contribution < 1.29 is 5.11 Å². The molecule has 0 amide bonds. The van der Waals surface area contributed by atoms with E-state index >= 15 is 0 Å². The predicted octanol–water partition coefficient (Wildman–Crippen LogP) is 2.18. The van der Waals surface area contributed by atoms with Crippen molar-refractivity contribution >= 4 is 11.6 Å². The SMILES string of the molecule is CCCNc1ncnc(NCC(O)CCC)c1C.